The molecule has 1 atom stereocenters. The van der Waals surface area contributed by atoms with Crippen molar-refractivity contribution in [2.24, 2.45) is 4.99 Å². The van der Waals surface area contributed by atoms with Crippen LogP contribution in [0.25, 0.3) is 0 Å². The van der Waals surface area contributed by atoms with Gasteiger partial charge in [0, 0.05) is 12.2 Å². The smallest absolute Gasteiger partial charge is 0.150 e. The maximum Gasteiger partial charge on any atom is 0.150 e. The molecule has 1 unspecified atom stereocenters. The van der Waals surface area contributed by atoms with E-state index in [-0.39, 0.29) is 0 Å². The van der Waals surface area contributed by atoms with E-state index in [2.05, 4.69) is 11.7 Å². The molecule has 0 spiro atoms. The van der Waals surface area contributed by atoms with Crippen LogP contribution in [-0.2, 0) is 4.74 Å². The number of hydrogen-bond donors (Lipinski definition) is 1. The number of ether oxygens (including phenoxy) is 1. The van der Waals surface area contributed by atoms with Gasteiger partial charge in [-0.1, -0.05) is 0 Å². The standard InChI is InChI=1S/C11H14N2O2/c1-12-9-2-4-10(5-3-9)13-6-7-15-8-11(13)14/h2-5,11,14H,1,6-8H2. The molecule has 0 aliphatic carbocycles. The summed E-state index contributed by atoms with van der Waals surface area (Å²) in [6.45, 7) is 5.18. The lowest BCUT2D eigenvalue weighted by Crippen LogP contribution is -2.45. The number of morpholine rings is 1. The molecule has 15 heavy (non-hydrogen) atoms. The van der Waals surface area contributed by atoms with Crippen LogP contribution in [0.3, 0.4) is 0 Å². The number of benzene rings is 1. The Kier molecular flexibility index (Phi) is 2.99. The van der Waals surface area contributed by atoms with Crippen LogP contribution in [0.2, 0.25) is 0 Å². The van der Waals surface area contributed by atoms with E-state index in [0.717, 1.165) is 11.4 Å². The van der Waals surface area contributed by atoms with Gasteiger partial charge in [0.15, 0.2) is 6.23 Å². The first-order valence-corrected chi connectivity index (χ1v) is 4.90. The van der Waals surface area contributed by atoms with E-state index in [4.69, 9.17) is 4.74 Å². The number of aliphatic imine (C=N–C) groups is 1. The Labute approximate surface area is 88.8 Å². The van der Waals surface area contributed by atoms with Crippen molar-refractivity contribution in [1.29, 1.82) is 0 Å². The highest BCUT2D eigenvalue weighted by Crippen LogP contribution is 2.21. The van der Waals surface area contributed by atoms with Crippen molar-refractivity contribution in [3.05, 3.63) is 24.3 Å². The van der Waals surface area contributed by atoms with Crippen molar-refractivity contribution >= 4 is 18.1 Å². The number of nitrogens with zero attached hydrogens (tertiary/aromatic N) is 2. The van der Waals surface area contributed by atoms with Gasteiger partial charge in [-0.15, -0.1) is 0 Å². The van der Waals surface area contributed by atoms with Crippen LogP contribution in [0.5, 0.6) is 0 Å². The van der Waals surface area contributed by atoms with Crippen LogP contribution in [0.1, 0.15) is 0 Å². The molecule has 1 aromatic rings. The first-order chi connectivity index (χ1) is 7.31. The van der Waals surface area contributed by atoms with Crippen molar-refractivity contribution in [1.82, 2.24) is 0 Å². The second-order valence-electron chi connectivity index (χ2n) is 3.42. The van der Waals surface area contributed by atoms with Gasteiger partial charge in [0.05, 0.1) is 18.9 Å². The molecule has 2 rings (SSSR count). The van der Waals surface area contributed by atoms with E-state index in [0.29, 0.717) is 19.8 Å². The van der Waals surface area contributed by atoms with E-state index in [9.17, 15) is 5.11 Å². The molecule has 1 aliphatic rings. The maximum atomic E-state index is 9.71. The minimum absolute atomic E-state index is 0.363. The lowest BCUT2D eigenvalue weighted by atomic mass is 10.2. The Hall–Kier alpha value is -1.39. The fourth-order valence-electron chi connectivity index (χ4n) is 1.64. The zero-order chi connectivity index (χ0) is 10.7. The molecule has 0 bridgehead atoms. The summed E-state index contributed by atoms with van der Waals surface area (Å²) >= 11 is 0. The highest BCUT2D eigenvalue weighted by molar-refractivity contribution is 5.55. The van der Waals surface area contributed by atoms with Crippen LogP contribution in [-0.4, -0.2) is 37.8 Å². The summed E-state index contributed by atoms with van der Waals surface area (Å²) in [5.74, 6) is 0. The van der Waals surface area contributed by atoms with Gasteiger partial charge in [0.2, 0.25) is 0 Å². The largest absolute Gasteiger partial charge is 0.375 e. The van der Waals surface area contributed by atoms with Crippen LogP contribution in [0, 0.1) is 0 Å². The van der Waals surface area contributed by atoms with Crippen LogP contribution in [0.15, 0.2) is 29.3 Å². The Bertz CT molecular complexity index is 337. The van der Waals surface area contributed by atoms with Gasteiger partial charge in [-0.3, -0.25) is 4.99 Å². The number of aliphatic hydroxyl groups is 1. The first-order valence-electron chi connectivity index (χ1n) is 4.90. The fourth-order valence-corrected chi connectivity index (χ4v) is 1.64. The Morgan fingerprint density at radius 1 is 1.40 bits per heavy atom. The van der Waals surface area contributed by atoms with Crippen molar-refractivity contribution in [2.45, 2.75) is 6.23 Å². The molecule has 1 saturated heterocycles. The van der Waals surface area contributed by atoms with E-state index in [1.165, 1.54) is 0 Å². The van der Waals surface area contributed by atoms with Crippen molar-refractivity contribution in [3.63, 3.8) is 0 Å². The monoisotopic (exact) mass is 206 g/mol. The Morgan fingerprint density at radius 2 is 2.13 bits per heavy atom. The molecular formula is C11H14N2O2. The number of aliphatic hydroxyl groups excluding tert-OH is 1. The lowest BCUT2D eigenvalue weighted by Gasteiger charge is -2.33. The number of anilines is 1. The maximum absolute atomic E-state index is 9.71. The van der Waals surface area contributed by atoms with Crippen molar-refractivity contribution < 1.29 is 9.84 Å². The predicted molar refractivity (Wildman–Crippen MR) is 59.8 cm³/mol. The first kappa shape index (κ1) is 10.1. The van der Waals surface area contributed by atoms with Gasteiger partial charge in [-0.05, 0) is 31.0 Å². The summed E-state index contributed by atoms with van der Waals surface area (Å²) in [5, 5.41) is 9.71. The summed E-state index contributed by atoms with van der Waals surface area (Å²) in [4.78, 5) is 5.73. The molecule has 1 aliphatic heterocycles. The molecule has 1 heterocycles. The summed E-state index contributed by atoms with van der Waals surface area (Å²) in [6, 6.07) is 7.62. The van der Waals surface area contributed by atoms with Gasteiger partial charge >= 0.3 is 0 Å². The minimum atomic E-state index is -0.554. The van der Waals surface area contributed by atoms with Crippen molar-refractivity contribution in [2.75, 3.05) is 24.7 Å². The SMILES string of the molecule is C=Nc1ccc(N2CCOCC2O)cc1. The van der Waals surface area contributed by atoms with Crippen LogP contribution >= 0.6 is 0 Å². The van der Waals surface area contributed by atoms with Gasteiger partial charge in [-0.2, -0.15) is 0 Å². The third-order valence-corrected chi connectivity index (χ3v) is 2.47. The molecule has 0 aromatic heterocycles. The molecule has 4 nitrogen and oxygen atoms in total. The third kappa shape index (κ3) is 2.16. The average molecular weight is 206 g/mol. The van der Waals surface area contributed by atoms with E-state index in [1.807, 2.05) is 29.2 Å². The van der Waals surface area contributed by atoms with Gasteiger partial charge < -0.3 is 14.7 Å². The van der Waals surface area contributed by atoms with Gasteiger partial charge in [0.25, 0.3) is 0 Å². The van der Waals surface area contributed by atoms with Crippen molar-refractivity contribution in [3.8, 4) is 0 Å². The van der Waals surface area contributed by atoms with Crippen LogP contribution in [0.4, 0.5) is 11.4 Å². The Morgan fingerprint density at radius 3 is 2.73 bits per heavy atom. The normalized spacial score (nSPS) is 21.4. The van der Waals surface area contributed by atoms with Gasteiger partial charge in [-0.25, -0.2) is 0 Å². The summed E-state index contributed by atoms with van der Waals surface area (Å²) in [7, 11) is 0. The quantitative estimate of drug-likeness (QED) is 0.739. The topological polar surface area (TPSA) is 45.1 Å². The molecule has 80 valence electrons. The summed E-state index contributed by atoms with van der Waals surface area (Å²) < 4.78 is 5.16. The molecule has 1 aromatic carbocycles. The van der Waals surface area contributed by atoms with Crippen LogP contribution < -0.4 is 4.90 Å². The Balaban J connectivity index is 2.16. The fraction of sp³-hybridized carbons (Fsp3) is 0.364. The lowest BCUT2D eigenvalue weighted by molar-refractivity contribution is 0.00633. The third-order valence-electron chi connectivity index (χ3n) is 2.47. The molecule has 0 saturated carbocycles. The highest BCUT2D eigenvalue weighted by atomic mass is 16.5. The van der Waals surface area contributed by atoms with E-state index >= 15 is 0 Å². The number of hydrogen-bond acceptors (Lipinski definition) is 4. The summed E-state index contributed by atoms with van der Waals surface area (Å²) in [6.07, 6.45) is -0.554. The zero-order valence-electron chi connectivity index (χ0n) is 8.47. The molecule has 0 amide bonds. The molecule has 1 N–H and O–H groups in total. The highest BCUT2D eigenvalue weighted by Gasteiger charge is 2.20. The second-order valence-corrected chi connectivity index (χ2v) is 3.42. The zero-order valence-corrected chi connectivity index (χ0v) is 8.47. The molecule has 0 radical (unpaired) electrons. The molecule has 1 fully saturated rings. The molecule has 4 heteroatoms. The van der Waals surface area contributed by atoms with E-state index < -0.39 is 6.23 Å². The summed E-state index contributed by atoms with van der Waals surface area (Å²) in [5.41, 5.74) is 1.82. The van der Waals surface area contributed by atoms with Gasteiger partial charge in [0.1, 0.15) is 0 Å². The second kappa shape index (κ2) is 4.42. The number of rotatable bonds is 2. The average Bonchev–Trinajstić information content (AvgIpc) is 2.30. The minimum Gasteiger partial charge on any atom is -0.375 e. The molecular weight excluding hydrogens is 192 g/mol. The van der Waals surface area contributed by atoms with E-state index in [1.54, 1.807) is 0 Å². The predicted octanol–water partition coefficient (Wildman–Crippen LogP) is 1.17.